The first kappa shape index (κ1) is 11.9. The summed E-state index contributed by atoms with van der Waals surface area (Å²) in [7, 11) is 0. The Morgan fingerprint density at radius 1 is 1.25 bits per heavy atom. The maximum absolute atomic E-state index is 11.8. The standard InChI is InChI=1S/C12H23N3O/c1-11(10-14-8-5-13-6-9-14)15-7-3-2-4-12(15)16/h11,13H,2-10H2,1H3. The van der Waals surface area contributed by atoms with Gasteiger partial charge in [-0.1, -0.05) is 0 Å². The molecule has 4 nitrogen and oxygen atoms in total. The molecule has 1 atom stereocenters. The summed E-state index contributed by atoms with van der Waals surface area (Å²) >= 11 is 0. The minimum absolute atomic E-state index is 0.355. The Labute approximate surface area is 98.0 Å². The third kappa shape index (κ3) is 2.95. The van der Waals surface area contributed by atoms with Crippen molar-refractivity contribution in [2.24, 2.45) is 0 Å². The summed E-state index contributed by atoms with van der Waals surface area (Å²) < 4.78 is 0. The van der Waals surface area contributed by atoms with E-state index in [9.17, 15) is 4.79 Å². The fourth-order valence-corrected chi connectivity index (χ4v) is 2.66. The van der Waals surface area contributed by atoms with E-state index in [2.05, 4.69) is 22.0 Å². The fraction of sp³-hybridized carbons (Fsp3) is 0.917. The van der Waals surface area contributed by atoms with Gasteiger partial charge in [-0.15, -0.1) is 0 Å². The summed E-state index contributed by atoms with van der Waals surface area (Å²) in [5.41, 5.74) is 0. The molecule has 16 heavy (non-hydrogen) atoms. The molecule has 0 saturated carbocycles. The van der Waals surface area contributed by atoms with Crippen molar-refractivity contribution < 1.29 is 4.79 Å². The molecule has 0 aromatic heterocycles. The molecule has 92 valence electrons. The lowest BCUT2D eigenvalue weighted by Gasteiger charge is -2.37. The molecule has 2 rings (SSSR count). The van der Waals surface area contributed by atoms with Gasteiger partial charge < -0.3 is 10.2 Å². The van der Waals surface area contributed by atoms with Crippen LogP contribution in [-0.4, -0.2) is 61.0 Å². The second-order valence-electron chi connectivity index (χ2n) is 4.94. The molecule has 2 saturated heterocycles. The lowest BCUT2D eigenvalue weighted by atomic mass is 10.1. The third-order valence-electron chi connectivity index (χ3n) is 3.62. The Morgan fingerprint density at radius 3 is 2.69 bits per heavy atom. The highest BCUT2D eigenvalue weighted by molar-refractivity contribution is 5.77. The molecule has 0 aromatic carbocycles. The van der Waals surface area contributed by atoms with E-state index >= 15 is 0 Å². The smallest absolute Gasteiger partial charge is 0.222 e. The third-order valence-corrected chi connectivity index (χ3v) is 3.62. The zero-order chi connectivity index (χ0) is 11.4. The van der Waals surface area contributed by atoms with Gasteiger partial charge in [-0.05, 0) is 19.8 Å². The Bertz CT molecular complexity index is 238. The SMILES string of the molecule is CC(CN1CCNCC1)N1CCCCC1=O. The van der Waals surface area contributed by atoms with E-state index in [0.29, 0.717) is 11.9 Å². The lowest BCUT2D eigenvalue weighted by molar-refractivity contribution is -0.135. The summed E-state index contributed by atoms with van der Waals surface area (Å²) in [5, 5.41) is 3.35. The zero-order valence-corrected chi connectivity index (χ0v) is 10.2. The van der Waals surface area contributed by atoms with Gasteiger partial charge in [0.1, 0.15) is 0 Å². The quantitative estimate of drug-likeness (QED) is 0.750. The van der Waals surface area contributed by atoms with Crippen molar-refractivity contribution in [1.82, 2.24) is 15.1 Å². The second kappa shape index (κ2) is 5.64. The second-order valence-corrected chi connectivity index (χ2v) is 4.94. The van der Waals surface area contributed by atoms with Crippen molar-refractivity contribution >= 4 is 5.91 Å². The average molecular weight is 225 g/mol. The monoisotopic (exact) mass is 225 g/mol. The van der Waals surface area contributed by atoms with E-state index in [1.165, 1.54) is 6.42 Å². The normalized spacial score (nSPS) is 25.8. The first-order valence-electron chi connectivity index (χ1n) is 6.50. The van der Waals surface area contributed by atoms with Crippen molar-refractivity contribution in [1.29, 1.82) is 0 Å². The van der Waals surface area contributed by atoms with Crippen LogP contribution < -0.4 is 5.32 Å². The van der Waals surface area contributed by atoms with Crippen LogP contribution in [0.4, 0.5) is 0 Å². The van der Waals surface area contributed by atoms with Crippen LogP contribution in [0.25, 0.3) is 0 Å². The molecule has 0 aromatic rings. The topological polar surface area (TPSA) is 35.6 Å². The summed E-state index contributed by atoms with van der Waals surface area (Å²) in [5.74, 6) is 0.355. The molecule has 0 bridgehead atoms. The van der Waals surface area contributed by atoms with Gasteiger partial charge >= 0.3 is 0 Å². The number of nitrogens with one attached hydrogen (secondary N) is 1. The molecule has 0 spiro atoms. The van der Waals surface area contributed by atoms with Crippen LogP contribution >= 0.6 is 0 Å². The highest BCUT2D eigenvalue weighted by atomic mass is 16.2. The molecule has 4 heteroatoms. The van der Waals surface area contributed by atoms with Gasteiger partial charge in [0.05, 0.1) is 0 Å². The van der Waals surface area contributed by atoms with E-state index in [1.807, 2.05) is 0 Å². The van der Waals surface area contributed by atoms with Gasteiger partial charge in [0.25, 0.3) is 0 Å². The highest BCUT2D eigenvalue weighted by Crippen LogP contribution is 2.14. The minimum Gasteiger partial charge on any atom is -0.339 e. The zero-order valence-electron chi connectivity index (χ0n) is 10.2. The molecule has 2 fully saturated rings. The molecule has 1 N–H and O–H groups in total. The maximum atomic E-state index is 11.8. The molecule has 2 aliphatic rings. The number of carbonyl (C=O) groups excluding carboxylic acids is 1. The number of carbonyl (C=O) groups is 1. The number of piperidine rings is 1. The molecule has 1 amide bonds. The summed E-state index contributed by atoms with van der Waals surface area (Å²) in [4.78, 5) is 16.3. The molecular weight excluding hydrogens is 202 g/mol. The number of hydrogen-bond acceptors (Lipinski definition) is 3. The van der Waals surface area contributed by atoms with E-state index in [4.69, 9.17) is 0 Å². The fourth-order valence-electron chi connectivity index (χ4n) is 2.66. The van der Waals surface area contributed by atoms with Crippen LogP contribution in [0.1, 0.15) is 26.2 Å². The summed E-state index contributed by atoms with van der Waals surface area (Å²) in [6, 6.07) is 0.380. The van der Waals surface area contributed by atoms with Crippen LogP contribution in [0.2, 0.25) is 0 Å². The van der Waals surface area contributed by atoms with Crippen molar-refractivity contribution in [3.63, 3.8) is 0 Å². The summed E-state index contributed by atoms with van der Waals surface area (Å²) in [6.45, 7) is 8.59. The molecule has 2 heterocycles. The van der Waals surface area contributed by atoms with E-state index in [-0.39, 0.29) is 0 Å². The van der Waals surface area contributed by atoms with Gasteiger partial charge in [0, 0.05) is 51.7 Å². The predicted octanol–water partition coefficient (Wildman–Crippen LogP) is 0.293. The molecule has 0 radical (unpaired) electrons. The predicted molar refractivity (Wildman–Crippen MR) is 64.3 cm³/mol. The van der Waals surface area contributed by atoms with Gasteiger partial charge in [-0.25, -0.2) is 0 Å². The van der Waals surface area contributed by atoms with Gasteiger partial charge in [-0.3, -0.25) is 9.69 Å². The van der Waals surface area contributed by atoms with Gasteiger partial charge in [0.2, 0.25) is 5.91 Å². The average Bonchev–Trinajstić information content (AvgIpc) is 2.31. The Balaban J connectivity index is 1.81. The first-order chi connectivity index (χ1) is 7.77. The van der Waals surface area contributed by atoms with Gasteiger partial charge in [0.15, 0.2) is 0 Å². The lowest BCUT2D eigenvalue weighted by Crippen LogP contribution is -2.51. The molecule has 2 aliphatic heterocycles. The Hall–Kier alpha value is -0.610. The number of nitrogens with zero attached hydrogens (tertiary/aromatic N) is 2. The van der Waals surface area contributed by atoms with E-state index < -0.39 is 0 Å². The highest BCUT2D eigenvalue weighted by Gasteiger charge is 2.24. The number of likely N-dealkylation sites (tertiary alicyclic amines) is 1. The molecule has 1 unspecified atom stereocenters. The minimum atomic E-state index is 0.355. The van der Waals surface area contributed by atoms with Crippen LogP contribution in [-0.2, 0) is 4.79 Å². The van der Waals surface area contributed by atoms with Crippen molar-refractivity contribution in [3.8, 4) is 0 Å². The van der Waals surface area contributed by atoms with Crippen LogP contribution in [0.15, 0.2) is 0 Å². The number of rotatable bonds is 3. The van der Waals surface area contributed by atoms with Crippen molar-refractivity contribution in [2.75, 3.05) is 39.3 Å². The van der Waals surface area contributed by atoms with E-state index in [1.54, 1.807) is 0 Å². The van der Waals surface area contributed by atoms with Crippen LogP contribution in [0.5, 0.6) is 0 Å². The first-order valence-corrected chi connectivity index (χ1v) is 6.50. The van der Waals surface area contributed by atoms with Crippen molar-refractivity contribution in [3.05, 3.63) is 0 Å². The van der Waals surface area contributed by atoms with Crippen LogP contribution in [0.3, 0.4) is 0 Å². The van der Waals surface area contributed by atoms with E-state index in [0.717, 1.165) is 52.1 Å². The maximum Gasteiger partial charge on any atom is 0.222 e. The number of hydrogen-bond donors (Lipinski definition) is 1. The Kier molecular flexibility index (Phi) is 4.18. The Morgan fingerprint density at radius 2 is 2.00 bits per heavy atom. The number of amides is 1. The largest absolute Gasteiger partial charge is 0.339 e. The van der Waals surface area contributed by atoms with Gasteiger partial charge in [-0.2, -0.15) is 0 Å². The molecular formula is C12H23N3O. The number of piperazine rings is 1. The summed E-state index contributed by atoms with van der Waals surface area (Å²) in [6.07, 6.45) is 3.01. The molecule has 0 aliphatic carbocycles. The van der Waals surface area contributed by atoms with Crippen LogP contribution in [0, 0.1) is 0 Å². The van der Waals surface area contributed by atoms with Crippen molar-refractivity contribution in [2.45, 2.75) is 32.2 Å².